The van der Waals surface area contributed by atoms with E-state index in [1.54, 1.807) is 11.7 Å². The van der Waals surface area contributed by atoms with Gasteiger partial charge in [0.05, 0.1) is 17.0 Å². The molecule has 1 heterocycles. The molecule has 6 nitrogen and oxygen atoms in total. The number of ether oxygens (including phenoxy) is 1. The molecule has 112 valence electrons. The van der Waals surface area contributed by atoms with Crippen molar-refractivity contribution in [1.29, 1.82) is 0 Å². The fourth-order valence-electron chi connectivity index (χ4n) is 1.67. The second kappa shape index (κ2) is 7.35. The number of amides is 1. The fraction of sp³-hybridized carbons (Fsp3) is 0.615. The molecule has 0 aliphatic rings. The van der Waals surface area contributed by atoms with Gasteiger partial charge in [-0.15, -0.1) is 11.3 Å². The molecule has 0 saturated carbocycles. The Morgan fingerprint density at radius 3 is 2.65 bits per heavy atom. The van der Waals surface area contributed by atoms with E-state index >= 15 is 0 Å². The van der Waals surface area contributed by atoms with Gasteiger partial charge in [0.1, 0.15) is 0 Å². The minimum atomic E-state index is -1.43. The summed E-state index contributed by atoms with van der Waals surface area (Å²) in [6.07, 6.45) is 2.34. The van der Waals surface area contributed by atoms with E-state index in [0.717, 1.165) is 4.88 Å². The van der Waals surface area contributed by atoms with Gasteiger partial charge in [0, 0.05) is 24.9 Å². The van der Waals surface area contributed by atoms with Gasteiger partial charge in [-0.1, -0.05) is 0 Å². The van der Waals surface area contributed by atoms with Gasteiger partial charge >= 0.3 is 11.9 Å². The second-order valence-electron chi connectivity index (χ2n) is 5.31. The molecule has 0 bridgehead atoms. The number of nitrogens with zero attached hydrogens (tertiary/aromatic N) is 2. The number of aliphatic carboxylic acids is 1. The van der Waals surface area contributed by atoms with Crippen molar-refractivity contribution in [3.63, 3.8) is 0 Å². The summed E-state index contributed by atoms with van der Waals surface area (Å²) >= 11 is 1.52. The summed E-state index contributed by atoms with van der Waals surface area (Å²) in [7, 11) is 0. The molecule has 1 N–H and O–H groups in total. The van der Waals surface area contributed by atoms with Gasteiger partial charge in [-0.05, 0) is 27.2 Å². The molecule has 1 rings (SSSR count). The molecule has 0 fully saturated rings. The Labute approximate surface area is 122 Å². The van der Waals surface area contributed by atoms with Crippen LogP contribution in [-0.4, -0.2) is 45.6 Å². The number of carbonyl (C=O) groups is 2. The van der Waals surface area contributed by atoms with E-state index in [1.165, 1.54) is 16.2 Å². The van der Waals surface area contributed by atoms with E-state index in [1.807, 2.05) is 20.8 Å². The van der Waals surface area contributed by atoms with Gasteiger partial charge in [-0.2, -0.15) is 0 Å². The highest BCUT2D eigenvalue weighted by atomic mass is 32.1. The van der Waals surface area contributed by atoms with Gasteiger partial charge in [-0.25, -0.2) is 4.79 Å². The van der Waals surface area contributed by atoms with E-state index in [9.17, 15) is 9.59 Å². The summed E-state index contributed by atoms with van der Waals surface area (Å²) in [5, 5.41) is 8.82. The highest BCUT2D eigenvalue weighted by Crippen LogP contribution is 2.14. The number of hydrogen-bond donors (Lipinski definition) is 1. The monoisotopic (exact) mass is 300 g/mol. The predicted octanol–water partition coefficient (Wildman–Crippen LogP) is 1.76. The molecule has 1 aromatic rings. The van der Waals surface area contributed by atoms with Crippen LogP contribution in [0.3, 0.4) is 0 Å². The molecule has 0 aromatic carbocycles. The van der Waals surface area contributed by atoms with Gasteiger partial charge in [0.15, 0.2) is 0 Å². The number of aromatic nitrogens is 1. The largest absolute Gasteiger partial charge is 0.474 e. The Hall–Kier alpha value is -1.47. The van der Waals surface area contributed by atoms with Crippen LogP contribution in [-0.2, 0) is 20.9 Å². The SMILES string of the molecule is CC(C)(C)N(CCCOCc1cncs1)C(=O)C(=O)O. The van der Waals surface area contributed by atoms with E-state index in [2.05, 4.69) is 4.98 Å². The van der Waals surface area contributed by atoms with Crippen LogP contribution >= 0.6 is 11.3 Å². The molecule has 0 atom stereocenters. The first-order chi connectivity index (χ1) is 9.32. The number of thiazole rings is 1. The molecule has 0 aliphatic heterocycles. The number of rotatable bonds is 6. The minimum absolute atomic E-state index is 0.358. The van der Waals surface area contributed by atoms with Crippen molar-refractivity contribution in [2.45, 2.75) is 39.3 Å². The topological polar surface area (TPSA) is 79.7 Å². The fourth-order valence-corrected chi connectivity index (χ4v) is 2.20. The normalized spacial score (nSPS) is 11.3. The summed E-state index contributed by atoms with van der Waals surface area (Å²) < 4.78 is 5.47. The zero-order valence-corrected chi connectivity index (χ0v) is 12.8. The molecular formula is C13H20N2O4S. The maximum Gasteiger partial charge on any atom is 0.394 e. The molecule has 0 spiro atoms. The lowest BCUT2D eigenvalue weighted by Gasteiger charge is -2.34. The Morgan fingerprint density at radius 2 is 2.15 bits per heavy atom. The molecule has 1 aromatic heterocycles. The van der Waals surface area contributed by atoms with Gasteiger partial charge < -0.3 is 14.7 Å². The summed E-state index contributed by atoms with van der Waals surface area (Å²) in [6, 6.07) is 0. The van der Waals surface area contributed by atoms with Crippen molar-refractivity contribution in [2.75, 3.05) is 13.2 Å². The minimum Gasteiger partial charge on any atom is -0.474 e. The van der Waals surface area contributed by atoms with Gasteiger partial charge in [-0.3, -0.25) is 9.78 Å². The van der Waals surface area contributed by atoms with Crippen LogP contribution in [0.5, 0.6) is 0 Å². The third kappa shape index (κ3) is 5.26. The quantitative estimate of drug-likeness (QED) is 0.639. The van der Waals surface area contributed by atoms with Gasteiger partial charge in [0.25, 0.3) is 0 Å². The van der Waals surface area contributed by atoms with E-state index in [0.29, 0.717) is 26.2 Å². The zero-order valence-electron chi connectivity index (χ0n) is 12.0. The molecule has 1 amide bonds. The third-order valence-electron chi connectivity index (χ3n) is 2.64. The maximum absolute atomic E-state index is 11.6. The molecular weight excluding hydrogens is 280 g/mol. The maximum atomic E-state index is 11.6. The molecule has 0 unspecified atom stereocenters. The summed E-state index contributed by atoms with van der Waals surface area (Å²) in [6.45, 7) is 6.76. The number of hydrogen-bond acceptors (Lipinski definition) is 5. The zero-order chi connectivity index (χ0) is 15.2. The van der Waals surface area contributed by atoms with Crippen molar-refractivity contribution in [3.8, 4) is 0 Å². The number of carboxylic acid groups (broad SMARTS) is 1. The first kappa shape index (κ1) is 16.6. The lowest BCUT2D eigenvalue weighted by molar-refractivity contribution is -0.158. The second-order valence-corrected chi connectivity index (χ2v) is 6.28. The lowest BCUT2D eigenvalue weighted by Crippen LogP contribution is -2.49. The van der Waals surface area contributed by atoms with Gasteiger partial charge in [0.2, 0.25) is 0 Å². The first-order valence-corrected chi connectivity index (χ1v) is 7.20. The molecule has 0 radical (unpaired) electrons. The summed E-state index contributed by atoms with van der Waals surface area (Å²) in [5.74, 6) is -2.30. The third-order valence-corrected chi connectivity index (χ3v) is 3.39. The average molecular weight is 300 g/mol. The molecule has 7 heteroatoms. The molecule has 0 saturated heterocycles. The van der Waals surface area contributed by atoms with Crippen molar-refractivity contribution < 1.29 is 19.4 Å². The van der Waals surface area contributed by atoms with Crippen LogP contribution in [0.2, 0.25) is 0 Å². The van der Waals surface area contributed by atoms with E-state index < -0.39 is 17.4 Å². The molecule has 20 heavy (non-hydrogen) atoms. The summed E-state index contributed by atoms with van der Waals surface area (Å²) in [5.41, 5.74) is 1.22. The highest BCUT2D eigenvalue weighted by molar-refractivity contribution is 7.09. The Morgan fingerprint density at radius 1 is 1.45 bits per heavy atom. The number of carboxylic acids is 1. The van der Waals surface area contributed by atoms with E-state index in [4.69, 9.17) is 9.84 Å². The Bertz CT molecular complexity index is 440. The smallest absolute Gasteiger partial charge is 0.394 e. The predicted molar refractivity (Wildman–Crippen MR) is 75.5 cm³/mol. The standard InChI is InChI=1S/C13H20N2O4S/c1-13(2,3)15(11(16)12(17)18)5-4-6-19-8-10-7-14-9-20-10/h7,9H,4-6,8H2,1-3H3,(H,17,18). The van der Waals surface area contributed by atoms with Crippen LogP contribution in [0.1, 0.15) is 32.1 Å². The first-order valence-electron chi connectivity index (χ1n) is 6.32. The van der Waals surface area contributed by atoms with Crippen LogP contribution in [0.4, 0.5) is 0 Å². The lowest BCUT2D eigenvalue weighted by atomic mass is 10.1. The highest BCUT2D eigenvalue weighted by Gasteiger charge is 2.30. The van der Waals surface area contributed by atoms with Crippen molar-refractivity contribution in [3.05, 3.63) is 16.6 Å². The van der Waals surface area contributed by atoms with Crippen LogP contribution < -0.4 is 0 Å². The van der Waals surface area contributed by atoms with Crippen molar-refractivity contribution in [2.24, 2.45) is 0 Å². The van der Waals surface area contributed by atoms with Crippen LogP contribution in [0, 0.1) is 0 Å². The van der Waals surface area contributed by atoms with Crippen molar-refractivity contribution >= 4 is 23.2 Å². The summed E-state index contributed by atoms with van der Waals surface area (Å²) in [4.78, 5) is 28.8. The van der Waals surface area contributed by atoms with Crippen molar-refractivity contribution in [1.82, 2.24) is 9.88 Å². The van der Waals surface area contributed by atoms with E-state index in [-0.39, 0.29) is 0 Å². The van der Waals surface area contributed by atoms with Crippen LogP contribution in [0.15, 0.2) is 11.7 Å². The Kier molecular flexibility index (Phi) is 6.09. The average Bonchev–Trinajstić information content (AvgIpc) is 2.84. The number of carbonyl (C=O) groups excluding carboxylic acids is 1. The molecule has 0 aliphatic carbocycles. The van der Waals surface area contributed by atoms with Crippen LogP contribution in [0.25, 0.3) is 0 Å². The Balaban J connectivity index is 2.35.